The number of unbranched alkanes of at least 4 members (excludes halogenated alkanes) is 1. The Hall–Kier alpha value is -1.84. The lowest BCUT2D eigenvalue weighted by Gasteiger charge is -2.15. The smallest absolute Gasteiger partial charge is 0.253 e. The standard InChI is InChI=1S/C17H26N2O2/c1-4-7-12-18-17(21)14-10-8-9-11-15(14)19-16(20)13(5-2)6-3/h8-11,13H,4-7,12H2,1-3H3,(H,18,21)(H,19,20). The summed E-state index contributed by atoms with van der Waals surface area (Å²) in [7, 11) is 0. The lowest BCUT2D eigenvalue weighted by atomic mass is 10.0. The molecular weight excluding hydrogens is 264 g/mol. The molecule has 1 aromatic rings. The minimum atomic E-state index is -0.135. The van der Waals surface area contributed by atoms with Gasteiger partial charge in [-0.2, -0.15) is 0 Å². The van der Waals surface area contributed by atoms with E-state index in [-0.39, 0.29) is 17.7 Å². The van der Waals surface area contributed by atoms with Gasteiger partial charge in [-0.05, 0) is 31.4 Å². The minimum absolute atomic E-state index is 0.0128. The summed E-state index contributed by atoms with van der Waals surface area (Å²) in [6.45, 7) is 6.73. The van der Waals surface area contributed by atoms with E-state index in [9.17, 15) is 9.59 Å². The molecule has 21 heavy (non-hydrogen) atoms. The molecular formula is C17H26N2O2. The van der Waals surface area contributed by atoms with Crippen molar-refractivity contribution in [1.29, 1.82) is 0 Å². The first-order valence-corrected chi connectivity index (χ1v) is 7.82. The molecule has 0 aliphatic rings. The van der Waals surface area contributed by atoms with Crippen molar-refractivity contribution in [2.24, 2.45) is 5.92 Å². The Bertz CT molecular complexity index is 468. The van der Waals surface area contributed by atoms with Crippen molar-refractivity contribution >= 4 is 17.5 Å². The zero-order chi connectivity index (χ0) is 15.7. The van der Waals surface area contributed by atoms with Crippen LogP contribution in [0, 0.1) is 5.92 Å². The van der Waals surface area contributed by atoms with Crippen LogP contribution in [0.4, 0.5) is 5.69 Å². The Morgan fingerprint density at radius 2 is 1.76 bits per heavy atom. The van der Waals surface area contributed by atoms with Crippen LogP contribution in [0.15, 0.2) is 24.3 Å². The first-order chi connectivity index (χ1) is 10.1. The summed E-state index contributed by atoms with van der Waals surface area (Å²) in [6, 6.07) is 7.14. The van der Waals surface area contributed by atoms with Crippen molar-refractivity contribution in [3.8, 4) is 0 Å². The number of para-hydroxylation sites is 1. The van der Waals surface area contributed by atoms with Crippen molar-refractivity contribution < 1.29 is 9.59 Å². The summed E-state index contributed by atoms with van der Waals surface area (Å²) < 4.78 is 0. The second-order valence-corrected chi connectivity index (χ2v) is 5.16. The van der Waals surface area contributed by atoms with Gasteiger partial charge in [0, 0.05) is 12.5 Å². The van der Waals surface area contributed by atoms with Gasteiger partial charge in [-0.1, -0.05) is 39.3 Å². The van der Waals surface area contributed by atoms with E-state index in [0.29, 0.717) is 17.8 Å². The van der Waals surface area contributed by atoms with Gasteiger partial charge in [-0.3, -0.25) is 9.59 Å². The van der Waals surface area contributed by atoms with Gasteiger partial charge in [0.25, 0.3) is 5.91 Å². The van der Waals surface area contributed by atoms with Gasteiger partial charge in [-0.25, -0.2) is 0 Å². The number of anilines is 1. The summed E-state index contributed by atoms with van der Waals surface area (Å²) in [5.41, 5.74) is 1.11. The van der Waals surface area contributed by atoms with E-state index in [1.165, 1.54) is 0 Å². The molecule has 0 aromatic heterocycles. The highest BCUT2D eigenvalue weighted by molar-refractivity contribution is 6.04. The van der Waals surface area contributed by atoms with Gasteiger partial charge in [0.15, 0.2) is 0 Å². The molecule has 4 heteroatoms. The normalized spacial score (nSPS) is 10.5. The molecule has 0 spiro atoms. The highest BCUT2D eigenvalue weighted by Gasteiger charge is 2.17. The van der Waals surface area contributed by atoms with Crippen molar-refractivity contribution in [3.05, 3.63) is 29.8 Å². The summed E-state index contributed by atoms with van der Waals surface area (Å²) in [5, 5.41) is 5.76. The largest absolute Gasteiger partial charge is 0.352 e. The lowest BCUT2D eigenvalue weighted by molar-refractivity contribution is -0.120. The van der Waals surface area contributed by atoms with Crippen molar-refractivity contribution in [2.45, 2.75) is 46.5 Å². The predicted molar refractivity (Wildman–Crippen MR) is 86.4 cm³/mol. The fraction of sp³-hybridized carbons (Fsp3) is 0.529. The Kier molecular flexibility index (Phi) is 7.51. The molecule has 0 bridgehead atoms. The molecule has 0 fully saturated rings. The Labute approximate surface area is 127 Å². The van der Waals surface area contributed by atoms with Crippen molar-refractivity contribution in [3.63, 3.8) is 0 Å². The molecule has 0 aliphatic carbocycles. The molecule has 0 unspecified atom stereocenters. The van der Waals surface area contributed by atoms with Gasteiger partial charge >= 0.3 is 0 Å². The monoisotopic (exact) mass is 290 g/mol. The van der Waals surface area contributed by atoms with Gasteiger partial charge in [0.1, 0.15) is 0 Å². The summed E-state index contributed by atoms with van der Waals surface area (Å²) >= 11 is 0. The van der Waals surface area contributed by atoms with Crippen LogP contribution in [0.25, 0.3) is 0 Å². The summed E-state index contributed by atoms with van der Waals surface area (Å²) in [4.78, 5) is 24.3. The van der Waals surface area contributed by atoms with Crippen LogP contribution < -0.4 is 10.6 Å². The predicted octanol–water partition coefficient (Wildman–Crippen LogP) is 3.59. The van der Waals surface area contributed by atoms with Crippen LogP contribution in [-0.4, -0.2) is 18.4 Å². The molecule has 0 atom stereocenters. The maximum Gasteiger partial charge on any atom is 0.253 e. The average molecular weight is 290 g/mol. The van der Waals surface area contributed by atoms with Crippen LogP contribution >= 0.6 is 0 Å². The average Bonchev–Trinajstić information content (AvgIpc) is 2.49. The van der Waals surface area contributed by atoms with Crippen LogP contribution in [0.5, 0.6) is 0 Å². The minimum Gasteiger partial charge on any atom is -0.352 e. The van der Waals surface area contributed by atoms with Gasteiger partial charge in [0.05, 0.1) is 11.3 Å². The molecule has 0 radical (unpaired) electrons. The Morgan fingerprint density at radius 3 is 2.38 bits per heavy atom. The topological polar surface area (TPSA) is 58.2 Å². The molecule has 1 rings (SSSR count). The number of hydrogen-bond acceptors (Lipinski definition) is 2. The second-order valence-electron chi connectivity index (χ2n) is 5.16. The van der Waals surface area contributed by atoms with E-state index in [4.69, 9.17) is 0 Å². The maximum atomic E-state index is 12.2. The molecule has 2 amide bonds. The number of rotatable bonds is 8. The number of amides is 2. The molecule has 0 saturated carbocycles. The molecule has 1 aromatic carbocycles. The molecule has 0 aliphatic heterocycles. The third-order valence-corrected chi connectivity index (χ3v) is 3.60. The Morgan fingerprint density at radius 1 is 1.10 bits per heavy atom. The van der Waals surface area contributed by atoms with Crippen LogP contribution in [0.3, 0.4) is 0 Å². The highest BCUT2D eigenvalue weighted by Crippen LogP contribution is 2.18. The van der Waals surface area contributed by atoms with Crippen molar-refractivity contribution in [2.75, 3.05) is 11.9 Å². The number of hydrogen-bond donors (Lipinski definition) is 2. The van der Waals surface area contributed by atoms with E-state index in [1.54, 1.807) is 12.1 Å². The van der Waals surface area contributed by atoms with Crippen LogP contribution in [0.1, 0.15) is 56.8 Å². The van der Waals surface area contributed by atoms with E-state index in [2.05, 4.69) is 17.6 Å². The number of nitrogens with one attached hydrogen (secondary N) is 2. The molecule has 2 N–H and O–H groups in total. The fourth-order valence-corrected chi connectivity index (χ4v) is 2.16. The molecule has 116 valence electrons. The van der Waals surface area contributed by atoms with Crippen molar-refractivity contribution in [1.82, 2.24) is 5.32 Å². The fourth-order valence-electron chi connectivity index (χ4n) is 2.16. The number of carbonyl (C=O) groups is 2. The van der Waals surface area contributed by atoms with Crippen LogP contribution in [-0.2, 0) is 4.79 Å². The zero-order valence-electron chi connectivity index (χ0n) is 13.2. The third kappa shape index (κ3) is 5.21. The zero-order valence-corrected chi connectivity index (χ0v) is 13.2. The van der Waals surface area contributed by atoms with Crippen LogP contribution in [0.2, 0.25) is 0 Å². The van der Waals surface area contributed by atoms with E-state index in [1.807, 2.05) is 26.0 Å². The summed E-state index contributed by atoms with van der Waals surface area (Å²) in [5.74, 6) is -0.168. The molecule has 0 saturated heterocycles. The van der Waals surface area contributed by atoms with Gasteiger partial charge in [-0.15, -0.1) is 0 Å². The molecule has 4 nitrogen and oxygen atoms in total. The van der Waals surface area contributed by atoms with E-state index >= 15 is 0 Å². The highest BCUT2D eigenvalue weighted by atomic mass is 16.2. The van der Waals surface area contributed by atoms with E-state index < -0.39 is 0 Å². The number of benzene rings is 1. The first-order valence-electron chi connectivity index (χ1n) is 7.82. The Balaban J connectivity index is 2.79. The first kappa shape index (κ1) is 17.2. The van der Waals surface area contributed by atoms with Gasteiger partial charge < -0.3 is 10.6 Å². The number of carbonyl (C=O) groups excluding carboxylic acids is 2. The second kappa shape index (κ2) is 9.16. The third-order valence-electron chi connectivity index (χ3n) is 3.60. The molecule has 0 heterocycles. The van der Waals surface area contributed by atoms with E-state index in [0.717, 1.165) is 25.7 Å². The van der Waals surface area contributed by atoms with Gasteiger partial charge in [0.2, 0.25) is 5.91 Å². The maximum absolute atomic E-state index is 12.2. The SMILES string of the molecule is CCCCNC(=O)c1ccccc1NC(=O)C(CC)CC. The summed E-state index contributed by atoms with van der Waals surface area (Å²) in [6.07, 6.45) is 3.59. The quantitative estimate of drug-likeness (QED) is 0.719. The lowest BCUT2D eigenvalue weighted by Crippen LogP contribution is -2.27.